The maximum atomic E-state index is 12.3. The van der Waals surface area contributed by atoms with Crippen LogP contribution in [0.3, 0.4) is 0 Å². The number of hydrogen-bond donors (Lipinski definition) is 2. The Labute approximate surface area is 119 Å². The van der Waals surface area contributed by atoms with Gasteiger partial charge in [0.1, 0.15) is 0 Å². The molecule has 1 heterocycles. The van der Waals surface area contributed by atoms with E-state index in [0.29, 0.717) is 6.54 Å². The number of carbonyl (C=O) groups is 2. The number of anilines is 1. The van der Waals surface area contributed by atoms with Crippen LogP contribution in [0.2, 0.25) is 0 Å². The first-order valence-corrected chi connectivity index (χ1v) is 6.81. The molecule has 1 aliphatic heterocycles. The lowest BCUT2D eigenvalue weighted by atomic mass is 10.1. The molecule has 0 bridgehead atoms. The third-order valence-electron chi connectivity index (χ3n) is 3.20. The summed E-state index contributed by atoms with van der Waals surface area (Å²) in [5.41, 5.74) is 0.718. The molecule has 0 radical (unpaired) electrons. The maximum Gasteiger partial charge on any atom is 0.309 e. The molecule has 1 aromatic rings. The van der Waals surface area contributed by atoms with Crippen LogP contribution in [0.15, 0.2) is 28.7 Å². The fraction of sp³-hybridized carbons (Fsp3) is 0.385. The van der Waals surface area contributed by atoms with Crippen LogP contribution in [0, 0.1) is 5.92 Å². The van der Waals surface area contributed by atoms with E-state index in [0.717, 1.165) is 10.2 Å². The molecule has 2 unspecified atom stereocenters. The number of carboxylic acids is 1. The molecular formula is C13H15BrN2O3. The number of halogens is 1. The minimum Gasteiger partial charge on any atom is -0.481 e. The molecule has 102 valence electrons. The minimum atomic E-state index is -0.892. The van der Waals surface area contributed by atoms with Crippen molar-refractivity contribution in [3.8, 4) is 0 Å². The van der Waals surface area contributed by atoms with Gasteiger partial charge in [0.05, 0.1) is 12.0 Å². The first-order valence-electron chi connectivity index (χ1n) is 6.02. The Morgan fingerprint density at radius 1 is 1.42 bits per heavy atom. The number of rotatable bonds is 2. The molecule has 0 spiro atoms. The SMILES string of the molecule is CC1NCC(C(=O)O)CN(c2ccc(Br)cc2)C1=O. The molecular weight excluding hydrogens is 312 g/mol. The number of carboxylic acid groups (broad SMARTS) is 1. The summed E-state index contributed by atoms with van der Waals surface area (Å²) in [4.78, 5) is 25.0. The topological polar surface area (TPSA) is 69.6 Å². The van der Waals surface area contributed by atoms with Gasteiger partial charge in [-0.1, -0.05) is 15.9 Å². The second-order valence-electron chi connectivity index (χ2n) is 4.59. The van der Waals surface area contributed by atoms with Crippen molar-refractivity contribution in [2.75, 3.05) is 18.0 Å². The molecule has 19 heavy (non-hydrogen) atoms. The van der Waals surface area contributed by atoms with Gasteiger partial charge in [-0.3, -0.25) is 9.59 Å². The quantitative estimate of drug-likeness (QED) is 0.863. The highest BCUT2D eigenvalue weighted by molar-refractivity contribution is 9.10. The van der Waals surface area contributed by atoms with Gasteiger partial charge in [0.2, 0.25) is 5.91 Å². The van der Waals surface area contributed by atoms with Crippen LogP contribution in [0.4, 0.5) is 5.69 Å². The zero-order chi connectivity index (χ0) is 14.0. The lowest BCUT2D eigenvalue weighted by Gasteiger charge is -2.24. The Morgan fingerprint density at radius 3 is 2.63 bits per heavy atom. The standard InChI is InChI=1S/C13H15BrN2O3/c1-8-12(17)16(7-9(6-15-8)13(18)19)11-4-2-10(14)3-5-11/h2-5,8-9,15H,6-7H2,1H3,(H,18,19). The Bertz CT molecular complexity index is 489. The van der Waals surface area contributed by atoms with Crippen LogP contribution in [0.25, 0.3) is 0 Å². The second-order valence-corrected chi connectivity index (χ2v) is 5.51. The Kier molecular flexibility index (Phi) is 4.21. The Morgan fingerprint density at radius 2 is 2.05 bits per heavy atom. The number of aliphatic carboxylic acids is 1. The van der Waals surface area contributed by atoms with Crippen molar-refractivity contribution in [2.24, 2.45) is 5.92 Å². The number of carbonyl (C=O) groups excluding carboxylic acids is 1. The summed E-state index contributed by atoms with van der Waals surface area (Å²) in [5, 5.41) is 12.1. The normalized spacial score (nSPS) is 24.1. The van der Waals surface area contributed by atoms with Gasteiger partial charge in [0.15, 0.2) is 0 Å². The first-order chi connectivity index (χ1) is 8.99. The van der Waals surface area contributed by atoms with E-state index < -0.39 is 11.9 Å². The zero-order valence-electron chi connectivity index (χ0n) is 10.5. The summed E-state index contributed by atoms with van der Waals surface area (Å²) < 4.78 is 0.916. The molecule has 1 amide bonds. The van der Waals surface area contributed by atoms with Gasteiger partial charge in [0, 0.05) is 23.2 Å². The van der Waals surface area contributed by atoms with Crippen LogP contribution in [0.1, 0.15) is 6.92 Å². The summed E-state index contributed by atoms with van der Waals surface area (Å²) in [5.74, 6) is -1.60. The first kappa shape index (κ1) is 14.0. The van der Waals surface area contributed by atoms with E-state index in [4.69, 9.17) is 5.11 Å². The van der Waals surface area contributed by atoms with Gasteiger partial charge in [0.25, 0.3) is 0 Å². The van der Waals surface area contributed by atoms with E-state index in [1.165, 1.54) is 4.90 Å². The van der Waals surface area contributed by atoms with Gasteiger partial charge < -0.3 is 15.3 Å². The molecule has 0 aromatic heterocycles. The molecule has 2 N–H and O–H groups in total. The number of nitrogens with zero attached hydrogens (tertiary/aromatic N) is 1. The highest BCUT2D eigenvalue weighted by Gasteiger charge is 2.32. The molecule has 0 aliphatic carbocycles. The summed E-state index contributed by atoms with van der Waals surface area (Å²) in [6.07, 6.45) is 0. The van der Waals surface area contributed by atoms with Crippen LogP contribution in [-0.2, 0) is 9.59 Å². The third-order valence-corrected chi connectivity index (χ3v) is 3.73. The predicted octanol–water partition coefficient (Wildman–Crippen LogP) is 1.47. The number of nitrogens with one attached hydrogen (secondary N) is 1. The predicted molar refractivity (Wildman–Crippen MR) is 75.1 cm³/mol. The molecule has 0 saturated carbocycles. The van der Waals surface area contributed by atoms with Gasteiger partial charge in [-0.25, -0.2) is 0 Å². The van der Waals surface area contributed by atoms with Crippen molar-refractivity contribution >= 4 is 33.5 Å². The average Bonchev–Trinajstić information content (AvgIpc) is 2.52. The lowest BCUT2D eigenvalue weighted by Crippen LogP contribution is -2.41. The van der Waals surface area contributed by atoms with E-state index in [1.54, 1.807) is 19.1 Å². The Balaban J connectivity index is 2.30. The Hall–Kier alpha value is -1.40. The maximum absolute atomic E-state index is 12.3. The fourth-order valence-corrected chi connectivity index (χ4v) is 2.30. The number of amides is 1. The molecule has 1 aromatic carbocycles. The molecule has 1 fully saturated rings. The average molecular weight is 327 g/mol. The van der Waals surface area contributed by atoms with Gasteiger partial charge in [-0.2, -0.15) is 0 Å². The van der Waals surface area contributed by atoms with Gasteiger partial charge >= 0.3 is 5.97 Å². The molecule has 5 nitrogen and oxygen atoms in total. The third kappa shape index (κ3) is 3.13. The van der Waals surface area contributed by atoms with E-state index in [-0.39, 0.29) is 18.5 Å². The highest BCUT2D eigenvalue weighted by Crippen LogP contribution is 2.21. The largest absolute Gasteiger partial charge is 0.481 e. The molecule has 1 saturated heterocycles. The van der Waals surface area contributed by atoms with Crippen molar-refractivity contribution in [3.05, 3.63) is 28.7 Å². The number of benzene rings is 1. The molecule has 2 rings (SSSR count). The van der Waals surface area contributed by atoms with E-state index in [9.17, 15) is 9.59 Å². The van der Waals surface area contributed by atoms with E-state index >= 15 is 0 Å². The second kappa shape index (κ2) is 5.71. The van der Waals surface area contributed by atoms with E-state index in [2.05, 4.69) is 21.2 Å². The van der Waals surface area contributed by atoms with Crippen LogP contribution in [-0.4, -0.2) is 36.1 Å². The van der Waals surface area contributed by atoms with Crippen molar-refractivity contribution in [3.63, 3.8) is 0 Å². The molecule has 2 atom stereocenters. The molecule has 1 aliphatic rings. The number of hydrogen-bond acceptors (Lipinski definition) is 3. The van der Waals surface area contributed by atoms with Crippen LogP contribution < -0.4 is 10.2 Å². The van der Waals surface area contributed by atoms with Crippen molar-refractivity contribution in [2.45, 2.75) is 13.0 Å². The zero-order valence-corrected chi connectivity index (χ0v) is 12.1. The summed E-state index contributed by atoms with van der Waals surface area (Å²) >= 11 is 3.34. The van der Waals surface area contributed by atoms with Crippen molar-refractivity contribution < 1.29 is 14.7 Å². The lowest BCUT2D eigenvalue weighted by molar-refractivity contribution is -0.141. The smallest absolute Gasteiger partial charge is 0.309 e. The summed E-state index contributed by atoms with van der Waals surface area (Å²) in [6.45, 7) is 2.24. The van der Waals surface area contributed by atoms with Gasteiger partial charge in [-0.15, -0.1) is 0 Å². The highest BCUT2D eigenvalue weighted by atomic mass is 79.9. The monoisotopic (exact) mass is 326 g/mol. The van der Waals surface area contributed by atoms with Crippen molar-refractivity contribution in [1.29, 1.82) is 0 Å². The van der Waals surface area contributed by atoms with Crippen LogP contribution >= 0.6 is 15.9 Å². The van der Waals surface area contributed by atoms with Crippen molar-refractivity contribution in [1.82, 2.24) is 5.32 Å². The van der Waals surface area contributed by atoms with E-state index in [1.807, 2.05) is 12.1 Å². The van der Waals surface area contributed by atoms with Gasteiger partial charge in [-0.05, 0) is 31.2 Å². The summed E-state index contributed by atoms with van der Waals surface area (Å²) in [6, 6.07) is 6.90. The molecule has 6 heteroatoms. The summed E-state index contributed by atoms with van der Waals surface area (Å²) in [7, 11) is 0. The van der Waals surface area contributed by atoms with Crippen LogP contribution in [0.5, 0.6) is 0 Å². The fourth-order valence-electron chi connectivity index (χ4n) is 2.03. The minimum absolute atomic E-state index is 0.105.